The van der Waals surface area contributed by atoms with Crippen molar-refractivity contribution in [3.8, 4) is 0 Å². The first-order chi connectivity index (χ1) is 10.5. The summed E-state index contributed by atoms with van der Waals surface area (Å²) in [5, 5.41) is 3.31. The van der Waals surface area contributed by atoms with E-state index in [0.717, 1.165) is 25.9 Å². The molecule has 22 heavy (non-hydrogen) atoms. The van der Waals surface area contributed by atoms with Gasteiger partial charge >= 0.3 is 5.76 Å². The van der Waals surface area contributed by atoms with Crippen molar-refractivity contribution in [3.63, 3.8) is 0 Å². The summed E-state index contributed by atoms with van der Waals surface area (Å²) >= 11 is 0. The first-order valence-corrected chi connectivity index (χ1v) is 9.08. The van der Waals surface area contributed by atoms with Crippen LogP contribution in [0, 0.1) is 5.92 Å². The van der Waals surface area contributed by atoms with Gasteiger partial charge in [0.15, 0.2) is 0 Å². The molecule has 0 aliphatic carbocycles. The van der Waals surface area contributed by atoms with Crippen LogP contribution in [0.3, 0.4) is 0 Å². The van der Waals surface area contributed by atoms with E-state index in [1.54, 1.807) is 12.1 Å². The molecule has 0 aromatic heterocycles. The van der Waals surface area contributed by atoms with Crippen LogP contribution in [0.2, 0.25) is 0 Å². The zero-order valence-electron chi connectivity index (χ0n) is 12.6. The number of piperidine rings is 1. The number of hydrogen-bond donors (Lipinski definition) is 1. The topological polar surface area (TPSA) is 49.4 Å². The van der Waals surface area contributed by atoms with Crippen LogP contribution in [-0.4, -0.2) is 40.4 Å². The van der Waals surface area contributed by atoms with Gasteiger partial charge in [-0.25, -0.2) is 8.42 Å². The lowest BCUT2D eigenvalue weighted by molar-refractivity contribution is 0.234. The second-order valence-corrected chi connectivity index (χ2v) is 7.40. The molecular formula is C15H22F2N2O2S. The molecule has 124 valence electrons. The van der Waals surface area contributed by atoms with Crippen molar-refractivity contribution >= 4 is 15.5 Å². The summed E-state index contributed by atoms with van der Waals surface area (Å²) in [5.74, 6) is -2.84. The average Bonchev–Trinajstić information content (AvgIpc) is 2.53. The number of rotatable bonds is 6. The molecule has 2 rings (SSSR count). The third kappa shape index (κ3) is 3.76. The smallest absolute Gasteiger partial charge is 0.341 e. The van der Waals surface area contributed by atoms with Crippen LogP contribution < -0.4 is 10.2 Å². The van der Waals surface area contributed by atoms with Crippen molar-refractivity contribution in [2.75, 3.05) is 31.1 Å². The molecule has 0 bridgehead atoms. The van der Waals surface area contributed by atoms with E-state index in [9.17, 15) is 17.2 Å². The minimum absolute atomic E-state index is 0.268. The van der Waals surface area contributed by atoms with Crippen LogP contribution in [0.25, 0.3) is 0 Å². The second-order valence-electron chi connectivity index (χ2n) is 5.51. The van der Waals surface area contributed by atoms with Crippen LogP contribution in [0.15, 0.2) is 29.2 Å². The highest BCUT2D eigenvalue weighted by Gasteiger charge is 2.31. The van der Waals surface area contributed by atoms with Crippen LogP contribution in [-0.2, 0) is 9.84 Å². The Morgan fingerprint density at radius 1 is 1.27 bits per heavy atom. The number of nitrogens with one attached hydrogen (secondary N) is 1. The maximum absolute atomic E-state index is 12.8. The fraction of sp³-hybridized carbons (Fsp3) is 0.600. The summed E-state index contributed by atoms with van der Waals surface area (Å²) in [6.07, 6.45) is 1.85. The fourth-order valence-corrected chi connectivity index (χ4v) is 3.73. The first kappa shape index (κ1) is 17.1. The predicted octanol–water partition coefficient (Wildman–Crippen LogP) is 2.51. The van der Waals surface area contributed by atoms with Gasteiger partial charge in [-0.05, 0) is 44.0 Å². The number of sulfone groups is 1. The fourth-order valence-electron chi connectivity index (χ4n) is 2.78. The van der Waals surface area contributed by atoms with Crippen molar-refractivity contribution in [2.45, 2.75) is 30.4 Å². The van der Waals surface area contributed by atoms with E-state index < -0.39 is 15.6 Å². The van der Waals surface area contributed by atoms with Gasteiger partial charge in [-0.2, -0.15) is 8.78 Å². The largest absolute Gasteiger partial charge is 0.370 e. The summed E-state index contributed by atoms with van der Waals surface area (Å²) in [7, 11) is -4.57. The summed E-state index contributed by atoms with van der Waals surface area (Å²) in [4.78, 5) is 1.63. The lowest BCUT2D eigenvalue weighted by atomic mass is 9.96. The highest BCUT2D eigenvalue weighted by Crippen LogP contribution is 2.31. The molecule has 0 spiro atoms. The molecule has 0 saturated carbocycles. The highest BCUT2D eigenvalue weighted by atomic mass is 32.2. The minimum Gasteiger partial charge on any atom is -0.370 e. The monoisotopic (exact) mass is 332 g/mol. The van der Waals surface area contributed by atoms with Crippen molar-refractivity contribution < 1.29 is 17.2 Å². The van der Waals surface area contributed by atoms with Crippen LogP contribution in [0.4, 0.5) is 14.5 Å². The predicted molar refractivity (Wildman–Crippen MR) is 83.1 cm³/mol. The Kier molecular flexibility index (Phi) is 5.74. The Labute approximate surface area is 130 Å². The molecule has 1 saturated heterocycles. The highest BCUT2D eigenvalue weighted by molar-refractivity contribution is 7.91. The third-order valence-electron chi connectivity index (χ3n) is 4.04. The van der Waals surface area contributed by atoms with Gasteiger partial charge in [-0.1, -0.05) is 19.1 Å². The molecule has 1 heterocycles. The van der Waals surface area contributed by atoms with Crippen molar-refractivity contribution in [3.05, 3.63) is 24.3 Å². The molecule has 0 atom stereocenters. The van der Waals surface area contributed by atoms with Gasteiger partial charge < -0.3 is 10.2 Å². The summed E-state index contributed by atoms with van der Waals surface area (Å²) < 4.78 is 49.3. The lowest BCUT2D eigenvalue weighted by Crippen LogP contribution is -2.38. The Morgan fingerprint density at radius 2 is 1.91 bits per heavy atom. The number of nitrogens with zero attached hydrogens (tertiary/aromatic N) is 1. The molecule has 1 fully saturated rings. The van der Waals surface area contributed by atoms with Crippen LogP contribution in [0.1, 0.15) is 19.8 Å². The van der Waals surface area contributed by atoms with Gasteiger partial charge in [0.1, 0.15) is 0 Å². The number of alkyl halides is 2. The van der Waals surface area contributed by atoms with Gasteiger partial charge in [0.25, 0.3) is 0 Å². The number of anilines is 1. The van der Waals surface area contributed by atoms with E-state index in [1.807, 2.05) is 4.90 Å². The van der Waals surface area contributed by atoms with E-state index in [0.29, 0.717) is 24.7 Å². The third-order valence-corrected chi connectivity index (χ3v) is 5.47. The molecule has 0 radical (unpaired) electrons. The average molecular weight is 332 g/mol. The Balaban J connectivity index is 2.15. The minimum atomic E-state index is -4.57. The number of benzene rings is 1. The van der Waals surface area contributed by atoms with Crippen molar-refractivity contribution in [1.29, 1.82) is 0 Å². The molecule has 1 aliphatic rings. The zero-order valence-corrected chi connectivity index (χ0v) is 13.5. The zero-order chi connectivity index (χ0) is 16.2. The van der Waals surface area contributed by atoms with E-state index in [4.69, 9.17) is 0 Å². The molecule has 1 N–H and O–H groups in total. The molecule has 1 aromatic carbocycles. The van der Waals surface area contributed by atoms with Crippen molar-refractivity contribution in [1.82, 2.24) is 5.32 Å². The van der Waals surface area contributed by atoms with E-state index >= 15 is 0 Å². The molecule has 1 aromatic rings. The Morgan fingerprint density at radius 3 is 2.50 bits per heavy atom. The SMILES string of the molecule is CCNCC1CCN(c2ccccc2S(=O)(=O)C(F)F)CC1. The van der Waals surface area contributed by atoms with E-state index in [-0.39, 0.29) is 4.90 Å². The lowest BCUT2D eigenvalue weighted by Gasteiger charge is -2.34. The van der Waals surface area contributed by atoms with Crippen LogP contribution >= 0.6 is 0 Å². The normalized spacial score (nSPS) is 17.2. The quantitative estimate of drug-likeness (QED) is 0.870. The molecule has 7 heteroatoms. The second kappa shape index (κ2) is 7.37. The van der Waals surface area contributed by atoms with Crippen molar-refractivity contribution in [2.24, 2.45) is 5.92 Å². The number of halogens is 2. The van der Waals surface area contributed by atoms with Gasteiger partial charge in [-0.15, -0.1) is 0 Å². The standard InChI is InChI=1S/C15H22F2N2O2S/c1-2-18-11-12-7-9-19(10-8-12)13-5-3-4-6-14(13)22(20,21)15(16)17/h3-6,12,15,18H,2,7-11H2,1H3. The van der Waals surface area contributed by atoms with E-state index in [2.05, 4.69) is 12.2 Å². The Hall–Kier alpha value is -1.21. The molecule has 0 amide bonds. The number of hydrogen-bond acceptors (Lipinski definition) is 4. The van der Waals surface area contributed by atoms with Gasteiger partial charge in [-0.3, -0.25) is 0 Å². The van der Waals surface area contributed by atoms with Gasteiger partial charge in [0.2, 0.25) is 9.84 Å². The van der Waals surface area contributed by atoms with Crippen LogP contribution in [0.5, 0.6) is 0 Å². The maximum atomic E-state index is 12.8. The van der Waals surface area contributed by atoms with Gasteiger partial charge in [0.05, 0.1) is 10.6 Å². The Bertz CT molecular complexity index is 585. The maximum Gasteiger partial charge on any atom is 0.341 e. The summed E-state index contributed by atoms with van der Waals surface area (Å²) in [6, 6.07) is 6.04. The number of para-hydroxylation sites is 1. The molecule has 4 nitrogen and oxygen atoms in total. The summed E-state index contributed by atoms with van der Waals surface area (Å²) in [5.41, 5.74) is 0.393. The van der Waals surface area contributed by atoms with E-state index in [1.165, 1.54) is 12.1 Å². The molecule has 0 unspecified atom stereocenters. The molecule has 1 aliphatic heterocycles. The van der Waals surface area contributed by atoms with Gasteiger partial charge in [0, 0.05) is 13.1 Å². The first-order valence-electron chi connectivity index (χ1n) is 7.53. The summed E-state index contributed by atoms with van der Waals surface area (Å²) in [6.45, 7) is 5.30. The molecular weight excluding hydrogens is 310 g/mol.